The Kier molecular flexibility index (Phi) is 7.16. The van der Waals surface area contributed by atoms with Crippen molar-refractivity contribution in [3.63, 3.8) is 0 Å². The number of hydrogen-bond acceptors (Lipinski definition) is 4. The van der Waals surface area contributed by atoms with Crippen molar-refractivity contribution in [3.05, 3.63) is 72.3 Å². The van der Waals surface area contributed by atoms with Gasteiger partial charge in [0.2, 0.25) is 10.0 Å². The van der Waals surface area contributed by atoms with Gasteiger partial charge in [-0.25, -0.2) is 8.42 Å². The number of halogens is 2. The fourth-order valence-electron chi connectivity index (χ4n) is 6.97. The van der Waals surface area contributed by atoms with Crippen molar-refractivity contribution in [3.8, 4) is 5.75 Å². The van der Waals surface area contributed by atoms with E-state index in [-0.39, 0.29) is 17.4 Å². The molecule has 3 fully saturated rings. The summed E-state index contributed by atoms with van der Waals surface area (Å²) < 4.78 is 33.9. The number of sulfonamides is 1. The first kappa shape index (κ1) is 27.3. The van der Waals surface area contributed by atoms with Gasteiger partial charge >= 0.3 is 0 Å². The molecule has 208 valence electrons. The minimum atomic E-state index is -3.54. The van der Waals surface area contributed by atoms with Crippen molar-refractivity contribution < 1.29 is 13.2 Å². The van der Waals surface area contributed by atoms with Gasteiger partial charge in [-0.05, 0) is 81.8 Å². The van der Waals surface area contributed by atoms with Gasteiger partial charge in [0, 0.05) is 35.9 Å². The molecule has 3 aromatic rings. The smallest absolute Gasteiger partial charge is 0.243 e. The van der Waals surface area contributed by atoms with Gasteiger partial charge in [-0.15, -0.1) is 23.2 Å². The predicted molar refractivity (Wildman–Crippen MR) is 158 cm³/mol. The van der Waals surface area contributed by atoms with E-state index in [4.69, 9.17) is 27.9 Å². The first-order valence-electron chi connectivity index (χ1n) is 14.0. The highest BCUT2D eigenvalue weighted by atomic mass is 35.5. The molecule has 0 aromatic heterocycles. The van der Waals surface area contributed by atoms with Crippen LogP contribution < -0.4 is 4.74 Å². The molecular formula is C31H36Cl2N2O3S. The molecule has 2 heterocycles. The zero-order chi connectivity index (χ0) is 27.4. The molecule has 5 nitrogen and oxygen atoms in total. The number of likely N-dealkylation sites (tertiary alicyclic amines) is 1. The number of hydrogen-bond donors (Lipinski definition) is 0. The molecule has 3 aliphatic rings. The minimum Gasteiger partial charge on any atom is -0.491 e. The summed E-state index contributed by atoms with van der Waals surface area (Å²) in [5, 5.41) is 1.73. The van der Waals surface area contributed by atoms with Crippen LogP contribution >= 0.6 is 23.2 Å². The number of piperidine rings is 2. The summed E-state index contributed by atoms with van der Waals surface area (Å²) >= 11 is 13.9. The van der Waals surface area contributed by atoms with Crippen LogP contribution in [0.25, 0.3) is 10.8 Å². The van der Waals surface area contributed by atoms with Crippen LogP contribution in [0.4, 0.5) is 0 Å². The third kappa shape index (κ3) is 4.76. The lowest BCUT2D eigenvalue weighted by Crippen LogP contribution is -2.49. The Morgan fingerprint density at radius 1 is 0.872 bits per heavy atom. The number of rotatable bonds is 6. The van der Waals surface area contributed by atoms with Crippen molar-refractivity contribution >= 4 is 44.0 Å². The highest BCUT2D eigenvalue weighted by Gasteiger charge is 2.75. The molecule has 2 saturated heterocycles. The quantitative estimate of drug-likeness (QED) is 0.297. The summed E-state index contributed by atoms with van der Waals surface area (Å²) in [6.07, 6.45) is 3.71. The first-order chi connectivity index (χ1) is 18.6. The van der Waals surface area contributed by atoms with E-state index in [1.807, 2.05) is 62.4 Å². The van der Waals surface area contributed by atoms with E-state index in [9.17, 15) is 8.42 Å². The predicted octanol–water partition coefficient (Wildman–Crippen LogP) is 6.83. The molecule has 1 saturated carbocycles. The average molecular weight is 588 g/mol. The van der Waals surface area contributed by atoms with E-state index in [1.165, 1.54) is 5.56 Å². The lowest BCUT2D eigenvalue weighted by Gasteiger charge is -2.42. The molecule has 2 aliphatic heterocycles. The number of nitrogens with zero attached hydrogens (tertiary/aromatic N) is 2. The Labute approximate surface area is 242 Å². The largest absolute Gasteiger partial charge is 0.491 e. The standard InChI is InChI=1S/C31H36Cl2N2O3S/c1-22(2)38-26-12-10-24(11-13-26)29-30(31(29,32)33)16-20-34(21-17-30)25-14-18-35(19-15-25)39(36,37)28-9-5-7-23-6-3-4-8-27(23)28/h3-13,22,25,29H,14-21H2,1-2H3. The molecule has 0 amide bonds. The molecule has 6 rings (SSSR count). The van der Waals surface area contributed by atoms with Gasteiger partial charge in [0.25, 0.3) is 0 Å². The van der Waals surface area contributed by atoms with Gasteiger partial charge in [-0.1, -0.05) is 48.5 Å². The molecular weight excluding hydrogens is 551 g/mol. The van der Waals surface area contributed by atoms with E-state index in [2.05, 4.69) is 17.0 Å². The molecule has 1 atom stereocenters. The molecule has 39 heavy (non-hydrogen) atoms. The lowest BCUT2D eigenvalue weighted by molar-refractivity contribution is 0.0884. The van der Waals surface area contributed by atoms with E-state index in [0.717, 1.165) is 55.3 Å². The van der Waals surface area contributed by atoms with Gasteiger partial charge in [-0.3, -0.25) is 0 Å². The van der Waals surface area contributed by atoms with Crippen molar-refractivity contribution in [2.24, 2.45) is 5.41 Å². The van der Waals surface area contributed by atoms with Crippen LogP contribution in [0.15, 0.2) is 71.6 Å². The maximum Gasteiger partial charge on any atom is 0.243 e. The lowest BCUT2D eigenvalue weighted by atomic mass is 9.87. The molecule has 1 unspecified atom stereocenters. The zero-order valence-corrected chi connectivity index (χ0v) is 24.9. The Bertz CT molecular complexity index is 1440. The number of benzene rings is 3. The third-order valence-corrected chi connectivity index (χ3v) is 12.2. The minimum absolute atomic E-state index is 0.106. The Hall–Kier alpha value is -1.83. The monoisotopic (exact) mass is 586 g/mol. The Morgan fingerprint density at radius 2 is 1.51 bits per heavy atom. The molecule has 8 heteroatoms. The van der Waals surface area contributed by atoms with E-state index in [0.29, 0.717) is 24.0 Å². The maximum atomic E-state index is 13.6. The van der Waals surface area contributed by atoms with Crippen LogP contribution in [0, 0.1) is 5.41 Å². The van der Waals surface area contributed by atoms with Crippen molar-refractivity contribution in [2.45, 2.75) is 66.8 Å². The second-order valence-electron chi connectivity index (χ2n) is 11.6. The van der Waals surface area contributed by atoms with Gasteiger partial charge in [0.15, 0.2) is 0 Å². The molecule has 1 aliphatic carbocycles. The van der Waals surface area contributed by atoms with Crippen LogP contribution in [-0.2, 0) is 10.0 Å². The van der Waals surface area contributed by atoms with Gasteiger partial charge in [0.05, 0.1) is 11.0 Å². The zero-order valence-electron chi connectivity index (χ0n) is 22.5. The fraction of sp³-hybridized carbons (Fsp3) is 0.484. The number of fused-ring (bicyclic) bond motifs is 1. The molecule has 1 spiro atoms. The summed E-state index contributed by atoms with van der Waals surface area (Å²) in [6, 6.07) is 21.8. The number of ether oxygens (including phenoxy) is 1. The van der Waals surface area contributed by atoms with Crippen LogP contribution in [-0.4, -0.2) is 60.3 Å². The van der Waals surface area contributed by atoms with Gasteiger partial charge in [-0.2, -0.15) is 4.31 Å². The SMILES string of the molecule is CC(C)Oc1ccc(C2C(Cl)(Cl)C23CCN(C2CCN(S(=O)(=O)c4cccc5ccccc45)CC2)CC3)cc1. The van der Waals surface area contributed by atoms with Crippen LogP contribution in [0.5, 0.6) is 5.75 Å². The van der Waals surface area contributed by atoms with E-state index in [1.54, 1.807) is 10.4 Å². The molecule has 3 aromatic carbocycles. The second kappa shape index (κ2) is 10.2. The summed E-state index contributed by atoms with van der Waals surface area (Å²) in [6.45, 7) is 7.00. The highest BCUT2D eigenvalue weighted by molar-refractivity contribution is 7.89. The average Bonchev–Trinajstić information content (AvgIpc) is 3.41. The Morgan fingerprint density at radius 3 is 2.18 bits per heavy atom. The summed E-state index contributed by atoms with van der Waals surface area (Å²) in [5.41, 5.74) is 1.07. The van der Waals surface area contributed by atoms with E-state index >= 15 is 0 Å². The van der Waals surface area contributed by atoms with Crippen LogP contribution in [0.1, 0.15) is 51.0 Å². The van der Waals surface area contributed by atoms with Gasteiger partial charge < -0.3 is 9.64 Å². The van der Waals surface area contributed by atoms with Crippen molar-refractivity contribution in [1.29, 1.82) is 0 Å². The fourth-order valence-corrected chi connectivity index (χ4v) is 9.81. The van der Waals surface area contributed by atoms with Crippen LogP contribution in [0.2, 0.25) is 0 Å². The summed E-state index contributed by atoms with van der Waals surface area (Å²) in [5.74, 6) is 0.984. The molecule has 0 bridgehead atoms. The second-order valence-corrected chi connectivity index (χ2v) is 14.9. The number of alkyl halides is 2. The third-order valence-electron chi connectivity index (χ3n) is 9.08. The maximum absolute atomic E-state index is 13.6. The highest BCUT2D eigenvalue weighted by Crippen LogP contribution is 2.78. The summed E-state index contributed by atoms with van der Waals surface area (Å²) in [7, 11) is -3.54. The first-order valence-corrected chi connectivity index (χ1v) is 16.2. The normalized spacial score (nSPS) is 23.9. The topological polar surface area (TPSA) is 49.9 Å². The Balaban J connectivity index is 1.08. The molecule has 0 radical (unpaired) electrons. The van der Waals surface area contributed by atoms with Crippen LogP contribution in [0.3, 0.4) is 0 Å². The van der Waals surface area contributed by atoms with Crippen molar-refractivity contribution in [1.82, 2.24) is 9.21 Å². The van der Waals surface area contributed by atoms with E-state index < -0.39 is 14.4 Å². The molecule has 0 N–H and O–H groups in total. The van der Waals surface area contributed by atoms with Gasteiger partial charge in [0.1, 0.15) is 10.1 Å². The van der Waals surface area contributed by atoms with Crippen molar-refractivity contribution in [2.75, 3.05) is 26.2 Å². The summed E-state index contributed by atoms with van der Waals surface area (Å²) in [4.78, 5) is 2.94.